The minimum Gasteiger partial charge on any atom is -0.507 e. The van der Waals surface area contributed by atoms with Crippen LogP contribution in [0.25, 0.3) is 11.1 Å². The van der Waals surface area contributed by atoms with Crippen LogP contribution >= 0.6 is 0 Å². The van der Waals surface area contributed by atoms with Gasteiger partial charge < -0.3 is 10.4 Å². The van der Waals surface area contributed by atoms with Crippen molar-refractivity contribution in [1.29, 1.82) is 0 Å². The number of hydrogen-bond donors (Lipinski definition) is 2. The van der Waals surface area contributed by atoms with Crippen LogP contribution in [0.1, 0.15) is 57.6 Å². The van der Waals surface area contributed by atoms with Crippen LogP contribution in [0.4, 0.5) is 5.69 Å². The van der Waals surface area contributed by atoms with Crippen molar-refractivity contribution < 1.29 is 9.90 Å². The van der Waals surface area contributed by atoms with Gasteiger partial charge in [0.25, 0.3) is 0 Å². The SMILES string of the molecule is CCCCCC1=Nc2cc(O)c(-c3ccc(CNC(C)=O)cc3)cc2CC1C. The molecule has 0 radical (unpaired) electrons. The molecule has 2 aromatic carbocycles. The maximum Gasteiger partial charge on any atom is 0.217 e. The zero-order valence-electron chi connectivity index (χ0n) is 17.1. The van der Waals surface area contributed by atoms with Gasteiger partial charge in [-0.2, -0.15) is 0 Å². The van der Waals surface area contributed by atoms with E-state index in [1.165, 1.54) is 37.5 Å². The summed E-state index contributed by atoms with van der Waals surface area (Å²) in [6.07, 6.45) is 5.65. The van der Waals surface area contributed by atoms with Crippen LogP contribution in [0.3, 0.4) is 0 Å². The van der Waals surface area contributed by atoms with E-state index >= 15 is 0 Å². The fourth-order valence-corrected chi connectivity index (χ4v) is 3.72. The molecule has 1 heterocycles. The fraction of sp³-hybridized carbons (Fsp3) is 0.417. The first-order valence-electron chi connectivity index (χ1n) is 10.2. The quantitative estimate of drug-likeness (QED) is 0.621. The van der Waals surface area contributed by atoms with Gasteiger partial charge in [0, 0.05) is 30.8 Å². The lowest BCUT2D eigenvalue weighted by Crippen LogP contribution is -2.18. The molecule has 1 aliphatic heterocycles. The van der Waals surface area contributed by atoms with Crippen molar-refractivity contribution in [1.82, 2.24) is 5.32 Å². The Labute approximate surface area is 167 Å². The molecular formula is C24H30N2O2. The van der Waals surface area contributed by atoms with Gasteiger partial charge in [-0.25, -0.2) is 0 Å². The Bertz CT molecular complexity index is 869. The number of nitrogens with zero attached hydrogens (tertiary/aromatic N) is 1. The van der Waals surface area contributed by atoms with Crippen molar-refractivity contribution in [2.75, 3.05) is 0 Å². The second-order valence-electron chi connectivity index (χ2n) is 7.77. The van der Waals surface area contributed by atoms with Gasteiger partial charge in [0.15, 0.2) is 0 Å². The van der Waals surface area contributed by atoms with Crippen LogP contribution in [0.2, 0.25) is 0 Å². The molecule has 0 spiro atoms. The Hall–Kier alpha value is -2.62. The van der Waals surface area contributed by atoms with E-state index in [0.29, 0.717) is 12.5 Å². The summed E-state index contributed by atoms with van der Waals surface area (Å²) in [5, 5.41) is 13.4. The van der Waals surface area contributed by atoms with Crippen molar-refractivity contribution in [3.05, 3.63) is 47.5 Å². The van der Waals surface area contributed by atoms with Gasteiger partial charge in [-0.05, 0) is 47.9 Å². The summed E-state index contributed by atoms with van der Waals surface area (Å²) in [4.78, 5) is 15.9. The minimum absolute atomic E-state index is 0.0415. The first-order chi connectivity index (χ1) is 13.5. The number of benzene rings is 2. The second-order valence-corrected chi connectivity index (χ2v) is 7.77. The van der Waals surface area contributed by atoms with Crippen molar-refractivity contribution in [2.45, 2.75) is 59.4 Å². The highest BCUT2D eigenvalue weighted by molar-refractivity contribution is 5.92. The zero-order chi connectivity index (χ0) is 20.1. The average Bonchev–Trinajstić information content (AvgIpc) is 2.67. The van der Waals surface area contributed by atoms with Gasteiger partial charge in [0.05, 0.1) is 5.69 Å². The number of amides is 1. The second kappa shape index (κ2) is 9.05. The molecule has 0 aliphatic carbocycles. The van der Waals surface area contributed by atoms with E-state index in [0.717, 1.165) is 35.2 Å². The molecule has 0 aromatic heterocycles. The van der Waals surface area contributed by atoms with Crippen molar-refractivity contribution in [3.8, 4) is 16.9 Å². The lowest BCUT2D eigenvalue weighted by atomic mass is 9.87. The third-order valence-electron chi connectivity index (χ3n) is 5.40. The van der Waals surface area contributed by atoms with E-state index in [-0.39, 0.29) is 11.7 Å². The number of fused-ring (bicyclic) bond motifs is 1. The molecule has 2 aromatic rings. The summed E-state index contributed by atoms with van der Waals surface area (Å²) in [7, 11) is 0. The van der Waals surface area contributed by atoms with Crippen LogP contribution in [0, 0.1) is 5.92 Å². The van der Waals surface area contributed by atoms with Crippen molar-refractivity contribution >= 4 is 17.3 Å². The molecule has 1 aliphatic rings. The number of aromatic hydroxyl groups is 1. The molecule has 1 amide bonds. The average molecular weight is 379 g/mol. The highest BCUT2D eigenvalue weighted by Gasteiger charge is 2.21. The molecule has 4 nitrogen and oxygen atoms in total. The van der Waals surface area contributed by atoms with E-state index in [2.05, 4.69) is 25.2 Å². The smallest absolute Gasteiger partial charge is 0.217 e. The van der Waals surface area contributed by atoms with E-state index in [1.54, 1.807) is 0 Å². The van der Waals surface area contributed by atoms with Crippen LogP contribution < -0.4 is 5.32 Å². The van der Waals surface area contributed by atoms with Gasteiger partial charge in [0.1, 0.15) is 5.75 Å². The highest BCUT2D eigenvalue weighted by Crippen LogP contribution is 2.39. The Balaban J connectivity index is 1.82. The molecule has 148 valence electrons. The number of phenolic OH excluding ortho intramolecular Hbond substituents is 1. The molecule has 3 rings (SSSR count). The van der Waals surface area contributed by atoms with E-state index in [9.17, 15) is 9.90 Å². The Kier molecular flexibility index (Phi) is 6.50. The lowest BCUT2D eigenvalue weighted by molar-refractivity contribution is -0.119. The van der Waals surface area contributed by atoms with Gasteiger partial charge in [-0.3, -0.25) is 9.79 Å². The summed E-state index contributed by atoms with van der Waals surface area (Å²) < 4.78 is 0. The number of phenols is 1. The van der Waals surface area contributed by atoms with Crippen molar-refractivity contribution in [2.24, 2.45) is 10.9 Å². The molecule has 4 heteroatoms. The van der Waals surface area contributed by atoms with Crippen LogP contribution in [0.15, 0.2) is 41.4 Å². The maximum absolute atomic E-state index is 11.1. The topological polar surface area (TPSA) is 61.7 Å². The van der Waals surface area contributed by atoms with Gasteiger partial charge in [-0.15, -0.1) is 0 Å². The number of hydrogen-bond acceptors (Lipinski definition) is 3. The number of nitrogens with one attached hydrogen (secondary N) is 1. The van der Waals surface area contributed by atoms with Gasteiger partial charge in [0.2, 0.25) is 5.91 Å². The van der Waals surface area contributed by atoms with Crippen LogP contribution in [-0.2, 0) is 17.8 Å². The van der Waals surface area contributed by atoms with Gasteiger partial charge in [-0.1, -0.05) is 51.0 Å². The number of unbranched alkanes of at least 4 members (excludes halogenated alkanes) is 2. The Morgan fingerprint density at radius 2 is 1.96 bits per heavy atom. The third-order valence-corrected chi connectivity index (χ3v) is 5.40. The third kappa shape index (κ3) is 4.80. The predicted octanol–water partition coefficient (Wildman–Crippen LogP) is 5.54. The first-order valence-corrected chi connectivity index (χ1v) is 10.2. The number of carbonyl (C=O) groups is 1. The summed E-state index contributed by atoms with van der Waals surface area (Å²) in [6.45, 7) is 6.49. The standard InChI is InChI=1S/C24H30N2O2/c1-4-5-6-7-22-16(2)12-20-13-21(24(28)14-23(20)26-22)19-10-8-18(9-11-19)15-25-17(3)27/h8-11,13-14,16,28H,4-7,12,15H2,1-3H3,(H,25,27). The van der Waals surface area contributed by atoms with E-state index in [1.807, 2.05) is 30.3 Å². The molecule has 0 bridgehead atoms. The number of rotatable bonds is 7. The molecule has 1 atom stereocenters. The summed E-state index contributed by atoms with van der Waals surface area (Å²) in [6, 6.07) is 11.8. The summed E-state index contributed by atoms with van der Waals surface area (Å²) >= 11 is 0. The van der Waals surface area contributed by atoms with Crippen molar-refractivity contribution in [3.63, 3.8) is 0 Å². The number of carbonyl (C=O) groups excluding carboxylic acids is 1. The molecule has 0 saturated carbocycles. The minimum atomic E-state index is -0.0415. The van der Waals surface area contributed by atoms with E-state index in [4.69, 9.17) is 4.99 Å². The van der Waals surface area contributed by atoms with E-state index < -0.39 is 0 Å². The molecule has 0 fully saturated rings. The normalized spacial score (nSPS) is 15.7. The first kappa shape index (κ1) is 20.1. The molecular weight excluding hydrogens is 348 g/mol. The maximum atomic E-state index is 11.1. The summed E-state index contributed by atoms with van der Waals surface area (Å²) in [5.41, 5.74) is 6.20. The Morgan fingerprint density at radius 3 is 2.64 bits per heavy atom. The molecule has 28 heavy (non-hydrogen) atoms. The monoisotopic (exact) mass is 378 g/mol. The zero-order valence-corrected chi connectivity index (χ0v) is 17.1. The largest absolute Gasteiger partial charge is 0.507 e. The molecule has 0 saturated heterocycles. The summed E-state index contributed by atoms with van der Waals surface area (Å²) in [5.74, 6) is 0.668. The predicted molar refractivity (Wildman–Crippen MR) is 115 cm³/mol. The van der Waals surface area contributed by atoms with Crippen LogP contribution in [-0.4, -0.2) is 16.7 Å². The highest BCUT2D eigenvalue weighted by atomic mass is 16.3. The lowest BCUT2D eigenvalue weighted by Gasteiger charge is -2.23. The van der Waals surface area contributed by atoms with Gasteiger partial charge >= 0.3 is 0 Å². The fourth-order valence-electron chi connectivity index (χ4n) is 3.72. The molecule has 1 unspecified atom stereocenters. The number of aliphatic imine (C=N–C) groups is 1. The Morgan fingerprint density at radius 1 is 1.21 bits per heavy atom. The van der Waals surface area contributed by atoms with Crippen LogP contribution in [0.5, 0.6) is 5.75 Å². The molecule has 2 N–H and O–H groups in total.